The van der Waals surface area contributed by atoms with Crippen LogP contribution in [0.1, 0.15) is 15.9 Å². The first kappa shape index (κ1) is 16.6. The van der Waals surface area contributed by atoms with Crippen LogP contribution in [0.2, 0.25) is 0 Å². The number of nitrogens with zero attached hydrogens (tertiary/aromatic N) is 3. The van der Waals surface area contributed by atoms with Gasteiger partial charge in [-0.05, 0) is 42.0 Å². The molecule has 0 fully saturated rings. The Labute approximate surface area is 145 Å². The quantitative estimate of drug-likeness (QED) is 0.773. The monoisotopic (exact) mass is 336 g/mol. The molecule has 0 saturated heterocycles. The topological polar surface area (TPSA) is 58.1 Å². The molecule has 0 aliphatic rings. The van der Waals surface area contributed by atoms with Crippen LogP contribution in [0.25, 0.3) is 0 Å². The molecule has 3 rings (SSSR count). The zero-order chi connectivity index (χ0) is 17.6. The Kier molecular flexibility index (Phi) is 4.99. The van der Waals surface area contributed by atoms with Crippen molar-refractivity contribution in [3.63, 3.8) is 0 Å². The minimum Gasteiger partial charge on any atom is -0.339 e. The summed E-state index contributed by atoms with van der Waals surface area (Å²) >= 11 is 0. The minimum atomic E-state index is -0.359. The van der Waals surface area contributed by atoms with Gasteiger partial charge in [0.25, 0.3) is 5.91 Å². The summed E-state index contributed by atoms with van der Waals surface area (Å²) in [4.78, 5) is 22.6. The van der Waals surface area contributed by atoms with Gasteiger partial charge in [0.2, 0.25) is 0 Å². The first-order valence-electron chi connectivity index (χ1n) is 7.75. The Hall–Kier alpha value is -3.28. The van der Waals surface area contributed by atoms with Gasteiger partial charge in [-0.1, -0.05) is 12.1 Å². The van der Waals surface area contributed by atoms with Crippen LogP contribution in [-0.2, 0) is 6.54 Å². The molecule has 126 valence electrons. The number of rotatable bonds is 5. The van der Waals surface area contributed by atoms with E-state index in [0.717, 1.165) is 5.56 Å². The molecule has 0 unspecified atom stereocenters. The molecule has 5 nitrogen and oxygen atoms in total. The van der Waals surface area contributed by atoms with E-state index in [1.54, 1.807) is 54.8 Å². The van der Waals surface area contributed by atoms with Gasteiger partial charge in [0.15, 0.2) is 0 Å². The number of carbonyl (C=O) groups is 1. The van der Waals surface area contributed by atoms with Gasteiger partial charge in [-0.2, -0.15) is 0 Å². The van der Waals surface area contributed by atoms with Crippen LogP contribution in [0, 0.1) is 5.82 Å². The normalized spacial score (nSPS) is 10.3. The molecule has 0 radical (unpaired) electrons. The lowest BCUT2D eigenvalue weighted by Gasteiger charge is -2.19. The highest BCUT2D eigenvalue weighted by atomic mass is 19.1. The number of pyridine rings is 2. The summed E-state index contributed by atoms with van der Waals surface area (Å²) in [6.07, 6.45) is 4.99. The molecule has 0 aliphatic carbocycles. The molecular formula is C19H17FN4O. The van der Waals surface area contributed by atoms with E-state index >= 15 is 0 Å². The van der Waals surface area contributed by atoms with E-state index in [1.165, 1.54) is 12.1 Å². The second kappa shape index (κ2) is 7.53. The van der Waals surface area contributed by atoms with Crippen molar-refractivity contribution in [2.45, 2.75) is 6.54 Å². The predicted molar refractivity (Wildman–Crippen MR) is 94.0 cm³/mol. The van der Waals surface area contributed by atoms with Gasteiger partial charge < -0.3 is 10.2 Å². The first-order valence-corrected chi connectivity index (χ1v) is 7.75. The van der Waals surface area contributed by atoms with Gasteiger partial charge in [0.1, 0.15) is 11.6 Å². The van der Waals surface area contributed by atoms with Crippen LogP contribution < -0.4 is 5.32 Å². The van der Waals surface area contributed by atoms with E-state index in [-0.39, 0.29) is 11.7 Å². The average molecular weight is 336 g/mol. The Balaban J connectivity index is 1.81. The van der Waals surface area contributed by atoms with E-state index in [1.807, 2.05) is 12.1 Å². The summed E-state index contributed by atoms with van der Waals surface area (Å²) in [5, 5.41) is 3.00. The zero-order valence-corrected chi connectivity index (χ0v) is 13.7. The van der Waals surface area contributed by atoms with Crippen LogP contribution in [0.3, 0.4) is 0 Å². The lowest BCUT2D eigenvalue weighted by atomic mass is 10.2. The van der Waals surface area contributed by atoms with Crippen molar-refractivity contribution in [2.24, 2.45) is 0 Å². The van der Waals surface area contributed by atoms with Crippen LogP contribution in [0.15, 0.2) is 67.1 Å². The molecule has 25 heavy (non-hydrogen) atoms. The maximum Gasteiger partial charge on any atom is 0.257 e. The molecule has 2 aromatic heterocycles. The maximum atomic E-state index is 13.4. The molecule has 0 spiro atoms. The van der Waals surface area contributed by atoms with Crippen molar-refractivity contribution in [3.05, 3.63) is 84.1 Å². The summed E-state index contributed by atoms with van der Waals surface area (Å²) < 4.78 is 13.4. The fourth-order valence-corrected chi connectivity index (χ4v) is 2.42. The van der Waals surface area contributed by atoms with Gasteiger partial charge >= 0.3 is 0 Å². The van der Waals surface area contributed by atoms with Gasteiger partial charge in [-0.25, -0.2) is 9.37 Å². The highest BCUT2D eigenvalue weighted by Crippen LogP contribution is 2.20. The highest BCUT2D eigenvalue weighted by molar-refractivity contribution is 5.99. The molecule has 1 amide bonds. The summed E-state index contributed by atoms with van der Waals surface area (Å²) in [5.41, 5.74) is 1.88. The molecule has 1 aromatic carbocycles. The van der Waals surface area contributed by atoms with Crippen molar-refractivity contribution < 1.29 is 9.18 Å². The maximum absolute atomic E-state index is 13.4. The van der Waals surface area contributed by atoms with Crippen LogP contribution >= 0.6 is 0 Å². The number of halogens is 1. The van der Waals surface area contributed by atoms with E-state index in [9.17, 15) is 9.18 Å². The van der Waals surface area contributed by atoms with Gasteiger partial charge in [0.05, 0.1) is 5.56 Å². The molecule has 2 heterocycles. The minimum absolute atomic E-state index is 0.184. The van der Waals surface area contributed by atoms with E-state index in [2.05, 4.69) is 15.3 Å². The summed E-state index contributed by atoms with van der Waals surface area (Å²) in [6.45, 7) is 0.432. The van der Waals surface area contributed by atoms with E-state index < -0.39 is 0 Å². The fourth-order valence-electron chi connectivity index (χ4n) is 2.42. The third kappa shape index (κ3) is 4.17. The van der Waals surface area contributed by atoms with Crippen molar-refractivity contribution in [1.82, 2.24) is 14.9 Å². The fraction of sp³-hybridized carbons (Fsp3) is 0.105. The number of benzene rings is 1. The number of nitrogens with one attached hydrogen (secondary N) is 1. The third-order valence-electron chi connectivity index (χ3n) is 3.61. The zero-order valence-electron chi connectivity index (χ0n) is 13.7. The third-order valence-corrected chi connectivity index (χ3v) is 3.61. The number of aromatic nitrogens is 2. The number of hydrogen-bond acceptors (Lipinski definition) is 4. The van der Waals surface area contributed by atoms with Gasteiger partial charge in [0, 0.05) is 37.9 Å². The van der Waals surface area contributed by atoms with Crippen LogP contribution in [-0.4, -0.2) is 27.8 Å². The highest BCUT2D eigenvalue weighted by Gasteiger charge is 2.17. The smallest absolute Gasteiger partial charge is 0.257 e. The number of hydrogen-bond donors (Lipinski definition) is 1. The molecule has 0 saturated carbocycles. The average Bonchev–Trinajstić information content (AvgIpc) is 2.62. The molecule has 0 atom stereocenters. The SMILES string of the molecule is CN(Cc1cccnc1)C(=O)c1cccnc1Nc1cccc(F)c1. The predicted octanol–water partition coefficient (Wildman–Crippen LogP) is 3.63. The molecular weight excluding hydrogens is 319 g/mol. The summed E-state index contributed by atoms with van der Waals surface area (Å²) in [5.74, 6) is -0.158. The summed E-state index contributed by atoms with van der Waals surface area (Å²) in [6, 6.07) is 13.1. The molecule has 6 heteroatoms. The summed E-state index contributed by atoms with van der Waals surface area (Å²) in [7, 11) is 1.72. The first-order chi connectivity index (χ1) is 12.1. The van der Waals surface area contributed by atoms with Gasteiger partial charge in [-0.15, -0.1) is 0 Å². The number of carbonyl (C=O) groups excluding carboxylic acids is 1. The number of amides is 1. The van der Waals surface area contributed by atoms with E-state index in [4.69, 9.17) is 0 Å². The molecule has 0 aliphatic heterocycles. The van der Waals surface area contributed by atoms with Crippen molar-refractivity contribution >= 4 is 17.4 Å². The Morgan fingerprint density at radius 1 is 1.16 bits per heavy atom. The van der Waals surface area contributed by atoms with Crippen LogP contribution in [0.5, 0.6) is 0 Å². The second-order valence-electron chi connectivity index (χ2n) is 5.56. The second-order valence-corrected chi connectivity index (χ2v) is 5.56. The Morgan fingerprint density at radius 2 is 2.00 bits per heavy atom. The van der Waals surface area contributed by atoms with Crippen molar-refractivity contribution in [2.75, 3.05) is 12.4 Å². The standard InChI is InChI=1S/C19H17FN4O/c1-24(13-14-5-3-9-21-12-14)19(25)17-8-4-10-22-18(17)23-16-7-2-6-15(20)11-16/h2-12H,13H2,1H3,(H,22,23). The van der Waals surface area contributed by atoms with Crippen LogP contribution in [0.4, 0.5) is 15.9 Å². The Morgan fingerprint density at radius 3 is 2.76 bits per heavy atom. The number of anilines is 2. The lowest BCUT2D eigenvalue weighted by molar-refractivity contribution is 0.0785. The largest absolute Gasteiger partial charge is 0.339 e. The molecule has 0 bridgehead atoms. The molecule has 3 aromatic rings. The van der Waals surface area contributed by atoms with Crippen molar-refractivity contribution in [1.29, 1.82) is 0 Å². The lowest BCUT2D eigenvalue weighted by Crippen LogP contribution is -2.27. The Bertz CT molecular complexity index is 870. The molecule has 1 N–H and O–H groups in total. The van der Waals surface area contributed by atoms with E-state index in [0.29, 0.717) is 23.6 Å². The van der Waals surface area contributed by atoms with Gasteiger partial charge in [-0.3, -0.25) is 9.78 Å². The van der Waals surface area contributed by atoms with Crippen molar-refractivity contribution in [3.8, 4) is 0 Å².